The van der Waals surface area contributed by atoms with E-state index in [0.717, 1.165) is 6.54 Å². The molecule has 0 bridgehead atoms. The SMILES string of the molecule is CC(C)N1CCCC(CN)C1c1cscn1. The summed E-state index contributed by atoms with van der Waals surface area (Å²) in [5.41, 5.74) is 9.05. The molecule has 1 aliphatic rings. The summed E-state index contributed by atoms with van der Waals surface area (Å²) < 4.78 is 0. The summed E-state index contributed by atoms with van der Waals surface area (Å²) in [6.45, 7) is 6.47. The molecule has 0 aromatic carbocycles. The van der Waals surface area contributed by atoms with Gasteiger partial charge in [0.2, 0.25) is 0 Å². The van der Waals surface area contributed by atoms with Crippen LogP contribution in [0.3, 0.4) is 0 Å². The van der Waals surface area contributed by atoms with E-state index < -0.39 is 0 Å². The molecule has 2 unspecified atom stereocenters. The number of piperidine rings is 1. The molecule has 2 heterocycles. The van der Waals surface area contributed by atoms with Gasteiger partial charge >= 0.3 is 0 Å². The summed E-state index contributed by atoms with van der Waals surface area (Å²) in [6, 6.07) is 1.01. The molecule has 2 N–H and O–H groups in total. The van der Waals surface area contributed by atoms with Gasteiger partial charge in [-0.05, 0) is 45.7 Å². The fourth-order valence-corrected chi connectivity index (χ4v) is 3.29. The first kappa shape index (κ1) is 12.0. The first-order chi connectivity index (χ1) is 7.74. The number of hydrogen-bond donors (Lipinski definition) is 1. The van der Waals surface area contributed by atoms with Crippen LogP contribution in [0.4, 0.5) is 0 Å². The lowest BCUT2D eigenvalue weighted by Crippen LogP contribution is -2.45. The van der Waals surface area contributed by atoms with Crippen molar-refractivity contribution >= 4 is 11.3 Å². The van der Waals surface area contributed by atoms with Gasteiger partial charge in [0, 0.05) is 11.4 Å². The van der Waals surface area contributed by atoms with Crippen LogP contribution in [0.1, 0.15) is 38.4 Å². The molecular weight excluding hydrogens is 218 g/mol. The minimum atomic E-state index is 0.435. The number of aromatic nitrogens is 1. The molecule has 0 aliphatic carbocycles. The van der Waals surface area contributed by atoms with Gasteiger partial charge in [-0.25, -0.2) is 4.98 Å². The second-order valence-electron chi connectivity index (χ2n) is 4.83. The van der Waals surface area contributed by atoms with E-state index in [9.17, 15) is 0 Å². The zero-order valence-electron chi connectivity index (χ0n) is 10.1. The van der Waals surface area contributed by atoms with Crippen molar-refractivity contribution in [2.24, 2.45) is 11.7 Å². The maximum absolute atomic E-state index is 5.91. The molecule has 0 saturated carbocycles. The van der Waals surface area contributed by atoms with E-state index in [2.05, 4.69) is 29.1 Å². The highest BCUT2D eigenvalue weighted by Gasteiger charge is 2.34. The predicted molar refractivity (Wildman–Crippen MR) is 68.5 cm³/mol. The normalized spacial score (nSPS) is 27.5. The second kappa shape index (κ2) is 5.25. The number of likely N-dealkylation sites (tertiary alicyclic amines) is 1. The van der Waals surface area contributed by atoms with E-state index in [-0.39, 0.29) is 0 Å². The summed E-state index contributed by atoms with van der Waals surface area (Å²) in [6.07, 6.45) is 2.50. The first-order valence-electron chi connectivity index (χ1n) is 6.08. The molecule has 1 saturated heterocycles. The van der Waals surface area contributed by atoms with Crippen molar-refractivity contribution in [1.82, 2.24) is 9.88 Å². The van der Waals surface area contributed by atoms with Gasteiger partial charge in [0.1, 0.15) is 0 Å². The smallest absolute Gasteiger partial charge is 0.0795 e. The molecule has 2 rings (SSSR count). The van der Waals surface area contributed by atoms with E-state index in [1.54, 1.807) is 11.3 Å². The van der Waals surface area contributed by atoms with E-state index in [0.29, 0.717) is 18.0 Å². The zero-order valence-corrected chi connectivity index (χ0v) is 10.9. The summed E-state index contributed by atoms with van der Waals surface area (Å²) in [7, 11) is 0. The van der Waals surface area contributed by atoms with E-state index in [1.165, 1.54) is 25.1 Å². The Kier molecular flexibility index (Phi) is 3.95. The van der Waals surface area contributed by atoms with Crippen molar-refractivity contribution in [3.63, 3.8) is 0 Å². The van der Waals surface area contributed by atoms with E-state index in [4.69, 9.17) is 5.73 Å². The fourth-order valence-electron chi connectivity index (χ4n) is 2.71. The topological polar surface area (TPSA) is 42.1 Å². The summed E-state index contributed by atoms with van der Waals surface area (Å²) >= 11 is 1.68. The van der Waals surface area contributed by atoms with Crippen LogP contribution < -0.4 is 5.73 Å². The molecule has 0 amide bonds. The number of thiazole rings is 1. The fraction of sp³-hybridized carbons (Fsp3) is 0.750. The van der Waals surface area contributed by atoms with Crippen molar-refractivity contribution in [3.05, 3.63) is 16.6 Å². The quantitative estimate of drug-likeness (QED) is 0.880. The maximum atomic E-state index is 5.91. The summed E-state index contributed by atoms with van der Waals surface area (Å²) in [4.78, 5) is 7.04. The van der Waals surface area contributed by atoms with E-state index >= 15 is 0 Å². The lowest BCUT2D eigenvalue weighted by molar-refractivity contribution is 0.0642. The predicted octanol–water partition coefficient (Wildman–Crippen LogP) is 2.26. The molecule has 0 radical (unpaired) electrons. The molecule has 1 aromatic rings. The standard InChI is InChI=1S/C12H21N3S/c1-9(2)15-5-3-4-10(6-13)12(15)11-7-16-8-14-11/h7-10,12H,3-6,13H2,1-2H3. The minimum Gasteiger partial charge on any atom is -0.330 e. The number of hydrogen-bond acceptors (Lipinski definition) is 4. The van der Waals surface area contributed by atoms with Crippen molar-refractivity contribution in [2.45, 2.75) is 38.8 Å². The van der Waals surface area contributed by atoms with Crippen molar-refractivity contribution in [2.75, 3.05) is 13.1 Å². The van der Waals surface area contributed by atoms with Gasteiger partial charge in [-0.15, -0.1) is 11.3 Å². The van der Waals surface area contributed by atoms with Crippen LogP contribution in [0.2, 0.25) is 0 Å². The molecule has 16 heavy (non-hydrogen) atoms. The van der Waals surface area contributed by atoms with Crippen LogP contribution in [-0.2, 0) is 0 Å². The number of nitrogens with two attached hydrogens (primary N) is 1. The Hall–Kier alpha value is -0.450. The van der Waals surface area contributed by atoms with Gasteiger partial charge in [-0.1, -0.05) is 0 Å². The summed E-state index contributed by atoms with van der Waals surface area (Å²) in [5, 5.41) is 2.17. The molecule has 1 aliphatic heterocycles. The van der Waals surface area contributed by atoms with Gasteiger partial charge in [0.05, 0.1) is 17.2 Å². The van der Waals surface area contributed by atoms with Crippen molar-refractivity contribution < 1.29 is 0 Å². The number of rotatable bonds is 3. The second-order valence-corrected chi connectivity index (χ2v) is 5.55. The van der Waals surface area contributed by atoms with Gasteiger partial charge in [0.15, 0.2) is 0 Å². The van der Waals surface area contributed by atoms with Gasteiger partial charge in [-0.3, -0.25) is 4.90 Å². The van der Waals surface area contributed by atoms with Crippen LogP contribution in [0, 0.1) is 5.92 Å². The summed E-state index contributed by atoms with van der Waals surface area (Å²) in [5.74, 6) is 0.568. The highest BCUT2D eigenvalue weighted by Crippen LogP contribution is 2.36. The highest BCUT2D eigenvalue weighted by molar-refractivity contribution is 7.07. The average Bonchev–Trinajstić information content (AvgIpc) is 2.81. The van der Waals surface area contributed by atoms with Crippen LogP contribution >= 0.6 is 11.3 Å². The third kappa shape index (κ3) is 2.29. The zero-order chi connectivity index (χ0) is 11.5. The lowest BCUT2D eigenvalue weighted by atomic mass is 9.86. The Morgan fingerprint density at radius 3 is 3.00 bits per heavy atom. The Morgan fingerprint density at radius 2 is 2.44 bits per heavy atom. The third-order valence-corrected chi connectivity index (χ3v) is 4.12. The van der Waals surface area contributed by atoms with Gasteiger partial charge in [-0.2, -0.15) is 0 Å². The molecule has 1 aromatic heterocycles. The van der Waals surface area contributed by atoms with Crippen LogP contribution in [0.25, 0.3) is 0 Å². The van der Waals surface area contributed by atoms with Crippen molar-refractivity contribution in [1.29, 1.82) is 0 Å². The first-order valence-corrected chi connectivity index (χ1v) is 7.02. The average molecular weight is 239 g/mol. The monoisotopic (exact) mass is 239 g/mol. The molecule has 3 nitrogen and oxygen atoms in total. The Balaban J connectivity index is 2.24. The van der Waals surface area contributed by atoms with Gasteiger partial charge < -0.3 is 5.73 Å². The molecule has 4 heteroatoms. The Bertz CT molecular complexity index is 310. The van der Waals surface area contributed by atoms with Crippen molar-refractivity contribution in [3.8, 4) is 0 Å². The van der Waals surface area contributed by atoms with E-state index in [1.807, 2.05) is 5.51 Å². The maximum Gasteiger partial charge on any atom is 0.0795 e. The highest BCUT2D eigenvalue weighted by atomic mass is 32.1. The van der Waals surface area contributed by atoms with Crippen LogP contribution in [0.15, 0.2) is 10.9 Å². The Labute approximate surface area is 102 Å². The number of nitrogens with zero attached hydrogens (tertiary/aromatic N) is 2. The molecule has 2 atom stereocenters. The van der Waals surface area contributed by atoms with Gasteiger partial charge in [0.25, 0.3) is 0 Å². The molecule has 90 valence electrons. The van der Waals surface area contributed by atoms with Crippen LogP contribution in [0.5, 0.6) is 0 Å². The molecule has 1 fully saturated rings. The van der Waals surface area contributed by atoms with Crippen LogP contribution in [-0.4, -0.2) is 29.0 Å². The lowest BCUT2D eigenvalue weighted by Gasteiger charge is -2.42. The molecular formula is C12H21N3S. The Morgan fingerprint density at radius 1 is 1.62 bits per heavy atom. The minimum absolute atomic E-state index is 0.435. The third-order valence-electron chi connectivity index (χ3n) is 3.52. The molecule has 0 spiro atoms. The largest absolute Gasteiger partial charge is 0.330 e.